The summed E-state index contributed by atoms with van der Waals surface area (Å²) in [6.45, 7) is 1.90. The number of likely N-dealkylation sites (tertiary alicyclic amines) is 1. The van der Waals surface area contributed by atoms with Crippen LogP contribution in [0, 0.1) is 5.82 Å². The second-order valence-electron chi connectivity index (χ2n) is 5.67. The average molecular weight is 315 g/mol. The number of aromatic nitrogens is 3. The molecule has 7 heteroatoms. The highest BCUT2D eigenvalue weighted by atomic mass is 19.1. The standard InChI is InChI=1S/C16H18FN5O/c1-21(11-15-19-4-2-5-20-15)14-3-6-22(10-14)16(23)12-7-13(17)9-18-8-12/h2,4-5,7-9,14H,3,6,10-11H2,1H3. The molecular formula is C16H18FN5O. The highest BCUT2D eigenvalue weighted by Gasteiger charge is 2.29. The van der Waals surface area contributed by atoms with Gasteiger partial charge in [0, 0.05) is 37.7 Å². The summed E-state index contributed by atoms with van der Waals surface area (Å²) in [4.78, 5) is 28.5. The molecule has 1 aliphatic rings. The molecule has 0 spiro atoms. The summed E-state index contributed by atoms with van der Waals surface area (Å²) >= 11 is 0. The van der Waals surface area contributed by atoms with Gasteiger partial charge in [-0.2, -0.15) is 0 Å². The lowest BCUT2D eigenvalue weighted by atomic mass is 10.2. The molecule has 1 aliphatic heterocycles. The molecule has 1 saturated heterocycles. The van der Waals surface area contributed by atoms with E-state index in [1.165, 1.54) is 12.3 Å². The van der Waals surface area contributed by atoms with Crippen molar-refractivity contribution in [1.29, 1.82) is 0 Å². The van der Waals surface area contributed by atoms with Gasteiger partial charge in [0.1, 0.15) is 11.6 Å². The zero-order valence-corrected chi connectivity index (χ0v) is 12.9. The Morgan fingerprint density at radius 1 is 1.39 bits per heavy atom. The third-order valence-electron chi connectivity index (χ3n) is 4.04. The molecule has 0 aromatic carbocycles. The van der Waals surface area contributed by atoms with Crippen molar-refractivity contribution < 1.29 is 9.18 Å². The summed E-state index contributed by atoms with van der Waals surface area (Å²) in [5.74, 6) is 0.0860. The molecule has 0 saturated carbocycles. The summed E-state index contributed by atoms with van der Waals surface area (Å²) < 4.78 is 13.2. The number of nitrogens with zero attached hydrogens (tertiary/aromatic N) is 5. The molecule has 0 radical (unpaired) electrons. The molecule has 1 unspecified atom stereocenters. The van der Waals surface area contributed by atoms with Crippen LogP contribution in [0.2, 0.25) is 0 Å². The first kappa shape index (κ1) is 15.5. The zero-order valence-electron chi connectivity index (χ0n) is 12.9. The number of rotatable bonds is 4. The third kappa shape index (κ3) is 3.68. The first-order valence-electron chi connectivity index (χ1n) is 7.49. The van der Waals surface area contributed by atoms with Gasteiger partial charge in [0.15, 0.2) is 0 Å². The second kappa shape index (κ2) is 6.78. The van der Waals surface area contributed by atoms with E-state index in [0.29, 0.717) is 25.2 Å². The number of hydrogen-bond donors (Lipinski definition) is 0. The molecule has 23 heavy (non-hydrogen) atoms. The van der Waals surface area contributed by atoms with Crippen LogP contribution in [-0.4, -0.2) is 56.8 Å². The summed E-state index contributed by atoms with van der Waals surface area (Å²) in [5, 5.41) is 0. The number of amides is 1. The summed E-state index contributed by atoms with van der Waals surface area (Å²) in [7, 11) is 2.00. The molecular weight excluding hydrogens is 297 g/mol. The second-order valence-corrected chi connectivity index (χ2v) is 5.67. The van der Waals surface area contributed by atoms with Crippen LogP contribution in [0.1, 0.15) is 22.6 Å². The van der Waals surface area contributed by atoms with Gasteiger partial charge >= 0.3 is 0 Å². The lowest BCUT2D eigenvalue weighted by Crippen LogP contribution is -2.36. The SMILES string of the molecule is CN(Cc1ncccn1)C1CCN(C(=O)c2cncc(F)c2)C1. The van der Waals surface area contributed by atoms with Gasteiger partial charge in [-0.05, 0) is 25.6 Å². The molecule has 120 valence electrons. The molecule has 2 aromatic rings. The van der Waals surface area contributed by atoms with Crippen LogP contribution in [0.5, 0.6) is 0 Å². The van der Waals surface area contributed by atoms with Crippen LogP contribution in [-0.2, 0) is 6.54 Å². The van der Waals surface area contributed by atoms with E-state index < -0.39 is 5.82 Å². The first-order chi connectivity index (χ1) is 11.1. The number of carbonyl (C=O) groups excluding carboxylic acids is 1. The Bertz CT molecular complexity index is 681. The average Bonchev–Trinajstić information content (AvgIpc) is 3.05. The number of pyridine rings is 1. The maximum absolute atomic E-state index is 13.2. The Labute approximate surface area is 134 Å². The predicted octanol–water partition coefficient (Wildman–Crippen LogP) is 1.36. The van der Waals surface area contributed by atoms with Gasteiger partial charge < -0.3 is 4.90 Å². The predicted molar refractivity (Wildman–Crippen MR) is 82.0 cm³/mol. The van der Waals surface area contributed by atoms with Crippen molar-refractivity contribution in [3.8, 4) is 0 Å². The molecule has 1 atom stereocenters. The van der Waals surface area contributed by atoms with Crippen molar-refractivity contribution in [2.24, 2.45) is 0 Å². The number of hydrogen-bond acceptors (Lipinski definition) is 5. The van der Waals surface area contributed by atoms with Crippen molar-refractivity contribution >= 4 is 5.91 Å². The maximum atomic E-state index is 13.2. The van der Waals surface area contributed by atoms with Crippen LogP contribution in [0.15, 0.2) is 36.9 Å². The normalized spacial score (nSPS) is 17.7. The fourth-order valence-electron chi connectivity index (χ4n) is 2.76. The van der Waals surface area contributed by atoms with Crippen molar-refractivity contribution in [3.63, 3.8) is 0 Å². The minimum absolute atomic E-state index is 0.177. The first-order valence-corrected chi connectivity index (χ1v) is 7.49. The molecule has 1 fully saturated rings. The fraction of sp³-hybridized carbons (Fsp3) is 0.375. The maximum Gasteiger partial charge on any atom is 0.255 e. The summed E-state index contributed by atoms with van der Waals surface area (Å²) in [6.07, 6.45) is 6.81. The fourth-order valence-corrected chi connectivity index (χ4v) is 2.76. The largest absolute Gasteiger partial charge is 0.337 e. The van der Waals surface area contributed by atoms with E-state index in [1.54, 1.807) is 23.4 Å². The Morgan fingerprint density at radius 2 is 2.17 bits per heavy atom. The summed E-state index contributed by atoms with van der Waals surface area (Å²) in [6, 6.07) is 3.25. The Morgan fingerprint density at radius 3 is 2.91 bits per heavy atom. The van der Waals surface area contributed by atoms with Crippen LogP contribution >= 0.6 is 0 Å². The molecule has 3 rings (SSSR count). The minimum Gasteiger partial charge on any atom is -0.337 e. The van der Waals surface area contributed by atoms with Crippen molar-refractivity contribution in [2.45, 2.75) is 19.0 Å². The van der Waals surface area contributed by atoms with Gasteiger partial charge in [-0.15, -0.1) is 0 Å². The highest BCUT2D eigenvalue weighted by molar-refractivity contribution is 5.94. The van der Waals surface area contributed by atoms with Crippen LogP contribution in [0.25, 0.3) is 0 Å². The molecule has 2 aromatic heterocycles. The minimum atomic E-state index is -0.495. The molecule has 0 N–H and O–H groups in total. The molecule has 0 aliphatic carbocycles. The van der Waals surface area contributed by atoms with E-state index in [4.69, 9.17) is 0 Å². The molecule has 1 amide bonds. The number of likely N-dealkylation sites (N-methyl/N-ethyl adjacent to an activating group) is 1. The Kier molecular flexibility index (Phi) is 4.57. The van der Waals surface area contributed by atoms with Gasteiger partial charge in [0.2, 0.25) is 0 Å². The highest BCUT2D eigenvalue weighted by Crippen LogP contribution is 2.18. The van der Waals surface area contributed by atoms with Crippen LogP contribution in [0.3, 0.4) is 0 Å². The van der Waals surface area contributed by atoms with Crippen LogP contribution < -0.4 is 0 Å². The van der Waals surface area contributed by atoms with Crippen molar-refractivity contribution in [2.75, 3.05) is 20.1 Å². The van der Waals surface area contributed by atoms with E-state index >= 15 is 0 Å². The van der Waals surface area contributed by atoms with E-state index in [-0.39, 0.29) is 11.9 Å². The monoisotopic (exact) mass is 315 g/mol. The van der Waals surface area contributed by atoms with Gasteiger partial charge in [0.05, 0.1) is 18.3 Å². The lowest BCUT2D eigenvalue weighted by Gasteiger charge is -2.23. The third-order valence-corrected chi connectivity index (χ3v) is 4.04. The number of halogens is 1. The van der Waals surface area contributed by atoms with E-state index in [9.17, 15) is 9.18 Å². The van der Waals surface area contributed by atoms with E-state index in [0.717, 1.165) is 18.4 Å². The topological polar surface area (TPSA) is 62.2 Å². The Balaban J connectivity index is 1.60. The van der Waals surface area contributed by atoms with Gasteiger partial charge in [-0.25, -0.2) is 14.4 Å². The zero-order chi connectivity index (χ0) is 16.2. The van der Waals surface area contributed by atoms with Gasteiger partial charge in [-0.1, -0.05) is 0 Å². The van der Waals surface area contributed by atoms with E-state index in [1.807, 2.05) is 7.05 Å². The van der Waals surface area contributed by atoms with Crippen molar-refractivity contribution in [3.05, 3.63) is 54.1 Å². The Hall–Kier alpha value is -2.41. The van der Waals surface area contributed by atoms with Crippen LogP contribution in [0.4, 0.5) is 4.39 Å². The van der Waals surface area contributed by atoms with E-state index in [2.05, 4.69) is 19.9 Å². The summed E-state index contributed by atoms with van der Waals surface area (Å²) in [5.41, 5.74) is 0.291. The molecule has 3 heterocycles. The van der Waals surface area contributed by atoms with Gasteiger partial charge in [-0.3, -0.25) is 14.7 Å². The number of carbonyl (C=O) groups is 1. The quantitative estimate of drug-likeness (QED) is 0.852. The van der Waals surface area contributed by atoms with Gasteiger partial charge in [0.25, 0.3) is 5.91 Å². The van der Waals surface area contributed by atoms with Crippen molar-refractivity contribution in [1.82, 2.24) is 24.8 Å². The molecule has 0 bridgehead atoms. The molecule has 6 nitrogen and oxygen atoms in total. The lowest BCUT2D eigenvalue weighted by molar-refractivity contribution is 0.0778. The smallest absolute Gasteiger partial charge is 0.255 e.